The standard InChI is InChI=1S/C17H17FN6O4S/c1-28-15-8-12(4-7-14(15)22-29(26,27)10-16(19)25)17-20-23-24(21-17)9-11-2-5-13(18)6-3-11/h2-8,22H,9-10H2,1H3,(H2,19,25). The van der Waals surface area contributed by atoms with Crippen LogP contribution in [-0.4, -0.2) is 47.4 Å². The zero-order valence-electron chi connectivity index (χ0n) is 15.2. The van der Waals surface area contributed by atoms with Crippen LogP contribution >= 0.6 is 0 Å². The molecule has 2 aromatic carbocycles. The molecular weight excluding hydrogens is 403 g/mol. The number of nitrogens with zero attached hydrogens (tertiary/aromatic N) is 4. The van der Waals surface area contributed by atoms with E-state index in [9.17, 15) is 17.6 Å². The molecule has 0 saturated heterocycles. The molecule has 0 radical (unpaired) electrons. The maximum Gasteiger partial charge on any atom is 0.241 e. The van der Waals surface area contributed by atoms with Gasteiger partial charge in [0.25, 0.3) is 0 Å². The predicted octanol–water partition coefficient (Wildman–Crippen LogP) is 0.763. The maximum absolute atomic E-state index is 13.0. The second-order valence-electron chi connectivity index (χ2n) is 6.01. The first kappa shape index (κ1) is 20.2. The van der Waals surface area contributed by atoms with Crippen LogP contribution < -0.4 is 15.2 Å². The predicted molar refractivity (Wildman–Crippen MR) is 102 cm³/mol. The molecule has 0 aliphatic heterocycles. The van der Waals surface area contributed by atoms with Crippen LogP contribution in [-0.2, 0) is 21.4 Å². The molecule has 0 atom stereocenters. The normalized spacial score (nSPS) is 11.2. The molecular formula is C17H17FN6O4S. The number of halogens is 1. The fourth-order valence-electron chi connectivity index (χ4n) is 2.48. The van der Waals surface area contributed by atoms with Gasteiger partial charge in [0, 0.05) is 5.56 Å². The minimum atomic E-state index is -3.96. The van der Waals surface area contributed by atoms with Crippen molar-refractivity contribution >= 4 is 21.6 Å². The van der Waals surface area contributed by atoms with E-state index < -0.39 is 21.7 Å². The van der Waals surface area contributed by atoms with Crippen LogP contribution in [0.1, 0.15) is 5.56 Å². The van der Waals surface area contributed by atoms with Crippen molar-refractivity contribution in [2.24, 2.45) is 5.73 Å². The molecule has 0 aliphatic carbocycles. The second-order valence-corrected chi connectivity index (χ2v) is 7.73. The molecule has 0 fully saturated rings. The largest absolute Gasteiger partial charge is 0.495 e. The summed E-state index contributed by atoms with van der Waals surface area (Å²) < 4.78 is 44.3. The average molecular weight is 420 g/mol. The lowest BCUT2D eigenvalue weighted by molar-refractivity contribution is -0.115. The van der Waals surface area contributed by atoms with Gasteiger partial charge in [-0.15, -0.1) is 10.2 Å². The van der Waals surface area contributed by atoms with Crippen molar-refractivity contribution < 1.29 is 22.3 Å². The number of methoxy groups -OCH3 is 1. The van der Waals surface area contributed by atoms with E-state index >= 15 is 0 Å². The first-order valence-corrected chi connectivity index (χ1v) is 9.90. The number of amides is 1. The monoisotopic (exact) mass is 420 g/mol. The Balaban J connectivity index is 1.80. The molecule has 29 heavy (non-hydrogen) atoms. The second kappa shape index (κ2) is 8.22. The third-order valence-electron chi connectivity index (χ3n) is 3.75. The summed E-state index contributed by atoms with van der Waals surface area (Å²) in [6.45, 7) is 0.301. The van der Waals surface area contributed by atoms with Crippen LogP contribution in [0.15, 0.2) is 42.5 Å². The Bertz CT molecular complexity index is 1130. The van der Waals surface area contributed by atoms with E-state index in [0.717, 1.165) is 5.56 Å². The first-order valence-electron chi connectivity index (χ1n) is 8.25. The van der Waals surface area contributed by atoms with E-state index in [-0.39, 0.29) is 23.1 Å². The van der Waals surface area contributed by atoms with Gasteiger partial charge in [-0.05, 0) is 41.1 Å². The first-order chi connectivity index (χ1) is 13.8. The average Bonchev–Trinajstić information content (AvgIpc) is 3.11. The quantitative estimate of drug-likeness (QED) is 0.548. The number of nitrogens with one attached hydrogen (secondary N) is 1. The van der Waals surface area contributed by atoms with Crippen molar-refractivity contribution in [3.05, 3.63) is 53.8 Å². The Morgan fingerprint density at radius 3 is 2.62 bits per heavy atom. The molecule has 1 heterocycles. The number of tetrazole rings is 1. The van der Waals surface area contributed by atoms with Gasteiger partial charge in [0.05, 0.1) is 19.3 Å². The van der Waals surface area contributed by atoms with Crippen molar-refractivity contribution in [1.82, 2.24) is 20.2 Å². The zero-order chi connectivity index (χ0) is 21.0. The lowest BCUT2D eigenvalue weighted by atomic mass is 10.2. The van der Waals surface area contributed by atoms with Gasteiger partial charge in [0.2, 0.25) is 21.8 Å². The van der Waals surface area contributed by atoms with Crippen molar-refractivity contribution in [3.8, 4) is 17.1 Å². The number of rotatable bonds is 8. The zero-order valence-corrected chi connectivity index (χ0v) is 16.1. The lowest BCUT2D eigenvalue weighted by Gasteiger charge is -2.11. The lowest BCUT2D eigenvalue weighted by Crippen LogP contribution is -2.27. The fraction of sp³-hybridized carbons (Fsp3) is 0.176. The molecule has 0 bridgehead atoms. The molecule has 0 unspecified atom stereocenters. The van der Waals surface area contributed by atoms with Gasteiger partial charge in [-0.3, -0.25) is 9.52 Å². The highest BCUT2D eigenvalue weighted by atomic mass is 32.2. The molecule has 1 amide bonds. The van der Waals surface area contributed by atoms with E-state index in [0.29, 0.717) is 12.1 Å². The van der Waals surface area contributed by atoms with E-state index in [2.05, 4.69) is 20.1 Å². The van der Waals surface area contributed by atoms with Crippen molar-refractivity contribution in [1.29, 1.82) is 0 Å². The van der Waals surface area contributed by atoms with E-state index in [4.69, 9.17) is 10.5 Å². The molecule has 1 aromatic heterocycles. The minimum absolute atomic E-state index is 0.135. The number of nitrogens with two attached hydrogens (primary N) is 1. The van der Waals surface area contributed by atoms with Gasteiger partial charge in [0.1, 0.15) is 17.3 Å². The molecule has 12 heteroatoms. The summed E-state index contributed by atoms with van der Waals surface area (Å²) in [5, 5.41) is 12.2. The van der Waals surface area contributed by atoms with Crippen LogP contribution in [0.3, 0.4) is 0 Å². The Labute approximate surface area is 165 Å². The Morgan fingerprint density at radius 2 is 1.97 bits per heavy atom. The molecule has 10 nitrogen and oxygen atoms in total. The smallest absolute Gasteiger partial charge is 0.241 e. The number of hydrogen-bond acceptors (Lipinski definition) is 7. The summed E-state index contributed by atoms with van der Waals surface area (Å²) in [5.41, 5.74) is 6.40. The van der Waals surface area contributed by atoms with Gasteiger partial charge in [-0.2, -0.15) is 4.80 Å². The van der Waals surface area contributed by atoms with Gasteiger partial charge in [-0.1, -0.05) is 12.1 Å². The third-order valence-corrected chi connectivity index (χ3v) is 4.94. The summed E-state index contributed by atoms with van der Waals surface area (Å²) in [6, 6.07) is 10.5. The number of anilines is 1. The third kappa shape index (κ3) is 5.25. The summed E-state index contributed by atoms with van der Waals surface area (Å²) in [5.74, 6) is -1.67. The van der Waals surface area contributed by atoms with Crippen LogP contribution in [0.5, 0.6) is 5.75 Å². The summed E-state index contributed by atoms with van der Waals surface area (Å²) >= 11 is 0. The van der Waals surface area contributed by atoms with Gasteiger partial charge < -0.3 is 10.5 Å². The van der Waals surface area contributed by atoms with Crippen molar-refractivity contribution in [2.75, 3.05) is 17.6 Å². The van der Waals surface area contributed by atoms with Crippen molar-refractivity contribution in [3.63, 3.8) is 0 Å². The number of primary amides is 1. The summed E-state index contributed by atoms with van der Waals surface area (Å²) in [6.07, 6.45) is 0. The topological polar surface area (TPSA) is 142 Å². The van der Waals surface area contributed by atoms with Gasteiger partial charge >= 0.3 is 0 Å². The number of benzene rings is 2. The molecule has 3 aromatic rings. The molecule has 3 N–H and O–H groups in total. The number of carbonyl (C=O) groups is 1. The number of carbonyl (C=O) groups excluding carboxylic acids is 1. The highest BCUT2D eigenvalue weighted by Crippen LogP contribution is 2.30. The molecule has 3 rings (SSSR count). The van der Waals surface area contributed by atoms with E-state index in [1.807, 2.05) is 0 Å². The van der Waals surface area contributed by atoms with Crippen molar-refractivity contribution in [2.45, 2.75) is 6.54 Å². The molecule has 0 aliphatic rings. The van der Waals surface area contributed by atoms with Crippen LogP contribution in [0, 0.1) is 5.82 Å². The fourth-order valence-corrected chi connectivity index (χ4v) is 3.43. The van der Waals surface area contributed by atoms with Crippen LogP contribution in [0.2, 0.25) is 0 Å². The highest BCUT2D eigenvalue weighted by Gasteiger charge is 2.18. The highest BCUT2D eigenvalue weighted by molar-refractivity contribution is 7.93. The number of aromatic nitrogens is 4. The maximum atomic E-state index is 13.0. The molecule has 152 valence electrons. The number of sulfonamides is 1. The molecule has 0 spiro atoms. The summed E-state index contributed by atoms with van der Waals surface area (Å²) in [4.78, 5) is 12.2. The van der Waals surface area contributed by atoms with Gasteiger partial charge in [0.15, 0.2) is 0 Å². The Hall–Kier alpha value is -3.54. The minimum Gasteiger partial charge on any atom is -0.495 e. The number of ether oxygens (including phenoxy) is 1. The van der Waals surface area contributed by atoms with Gasteiger partial charge in [-0.25, -0.2) is 12.8 Å². The number of hydrogen-bond donors (Lipinski definition) is 2. The van der Waals surface area contributed by atoms with E-state index in [1.165, 1.54) is 36.2 Å². The Morgan fingerprint density at radius 1 is 1.24 bits per heavy atom. The Kier molecular flexibility index (Phi) is 5.73. The SMILES string of the molecule is COc1cc(-c2nnn(Cc3ccc(F)cc3)n2)ccc1NS(=O)(=O)CC(N)=O. The van der Waals surface area contributed by atoms with Crippen LogP contribution in [0.4, 0.5) is 10.1 Å². The van der Waals surface area contributed by atoms with Crippen LogP contribution in [0.25, 0.3) is 11.4 Å². The van der Waals surface area contributed by atoms with E-state index in [1.54, 1.807) is 18.2 Å². The summed E-state index contributed by atoms with van der Waals surface area (Å²) in [7, 11) is -2.59. The molecule has 0 saturated carbocycles.